The highest BCUT2D eigenvalue weighted by atomic mass is 79.9. The maximum Gasteiger partial charge on any atom is 0.420 e. The van der Waals surface area contributed by atoms with Gasteiger partial charge in [-0.25, -0.2) is 4.79 Å². The molecule has 0 saturated heterocycles. The van der Waals surface area contributed by atoms with E-state index >= 15 is 0 Å². The maximum absolute atomic E-state index is 12.1. The molecule has 4 aromatic rings. The van der Waals surface area contributed by atoms with Crippen LogP contribution < -0.4 is 5.76 Å². The summed E-state index contributed by atoms with van der Waals surface area (Å²) in [4.78, 5) is 26.8. The van der Waals surface area contributed by atoms with Crippen LogP contribution in [0.4, 0.5) is 5.69 Å². The molecule has 0 fully saturated rings. The van der Waals surface area contributed by atoms with Gasteiger partial charge in [0.1, 0.15) is 6.54 Å². The van der Waals surface area contributed by atoms with Crippen molar-refractivity contribution in [2.24, 2.45) is 0 Å². The third-order valence-corrected chi connectivity index (χ3v) is 4.20. The topological polar surface area (TPSA) is 117 Å². The van der Waals surface area contributed by atoms with Crippen LogP contribution in [0.1, 0.15) is 5.89 Å². The summed E-state index contributed by atoms with van der Waals surface area (Å²) in [5.74, 6) is -0.118. The number of hydrogen-bond donors (Lipinski definition) is 0. The summed E-state index contributed by atoms with van der Waals surface area (Å²) in [6, 6.07) is 11.3. The molecule has 10 heteroatoms. The molecule has 9 nitrogen and oxygen atoms in total. The molecule has 2 aromatic heterocycles. The van der Waals surface area contributed by atoms with Gasteiger partial charge in [0.2, 0.25) is 11.7 Å². The van der Waals surface area contributed by atoms with Crippen molar-refractivity contribution in [3.63, 3.8) is 0 Å². The number of aromatic nitrogens is 3. The zero-order valence-electron chi connectivity index (χ0n) is 13.0. The third kappa shape index (κ3) is 2.90. The lowest BCUT2D eigenvalue weighted by Gasteiger charge is -1.97. The largest absolute Gasteiger partial charge is 0.420 e. The highest BCUT2D eigenvalue weighted by Crippen LogP contribution is 2.22. The molecule has 0 bridgehead atoms. The average molecular weight is 417 g/mol. The standard InChI is InChI=1S/C16H9BrN4O5/c17-10-3-1-2-9(6-10)15-18-14(26-19-15)8-20-12-7-11(21(23)24)4-5-13(12)25-16(20)22/h1-7H,8H2. The number of oxazole rings is 1. The van der Waals surface area contributed by atoms with Gasteiger partial charge in [0.15, 0.2) is 5.58 Å². The zero-order valence-corrected chi connectivity index (χ0v) is 14.5. The normalized spacial score (nSPS) is 11.1. The van der Waals surface area contributed by atoms with E-state index in [0.717, 1.165) is 10.0 Å². The van der Waals surface area contributed by atoms with Crippen molar-refractivity contribution in [2.45, 2.75) is 6.54 Å². The summed E-state index contributed by atoms with van der Waals surface area (Å²) in [7, 11) is 0. The summed E-state index contributed by atoms with van der Waals surface area (Å²) in [5.41, 5.74) is 1.13. The Morgan fingerprint density at radius 1 is 1.23 bits per heavy atom. The van der Waals surface area contributed by atoms with Crippen LogP contribution in [0.3, 0.4) is 0 Å². The number of halogens is 1. The molecule has 2 heterocycles. The van der Waals surface area contributed by atoms with Gasteiger partial charge in [-0.2, -0.15) is 4.98 Å². The number of hydrogen-bond acceptors (Lipinski definition) is 7. The lowest BCUT2D eigenvalue weighted by Crippen LogP contribution is -2.15. The van der Waals surface area contributed by atoms with Gasteiger partial charge in [-0.1, -0.05) is 33.2 Å². The van der Waals surface area contributed by atoms with Crippen molar-refractivity contribution >= 4 is 32.7 Å². The Bertz CT molecular complexity index is 1190. The molecule has 130 valence electrons. The van der Waals surface area contributed by atoms with Crippen LogP contribution in [-0.4, -0.2) is 19.6 Å². The molecular weight excluding hydrogens is 408 g/mol. The second-order valence-electron chi connectivity index (χ2n) is 5.39. The summed E-state index contributed by atoms with van der Waals surface area (Å²) in [6.07, 6.45) is 0. The second-order valence-corrected chi connectivity index (χ2v) is 6.30. The summed E-state index contributed by atoms with van der Waals surface area (Å²) >= 11 is 3.37. The summed E-state index contributed by atoms with van der Waals surface area (Å²) < 4.78 is 12.4. The van der Waals surface area contributed by atoms with Crippen LogP contribution in [0.2, 0.25) is 0 Å². The molecular formula is C16H9BrN4O5. The van der Waals surface area contributed by atoms with Gasteiger partial charge < -0.3 is 8.94 Å². The van der Waals surface area contributed by atoms with Crippen LogP contribution in [0.5, 0.6) is 0 Å². The average Bonchev–Trinajstić information content (AvgIpc) is 3.20. The van der Waals surface area contributed by atoms with E-state index < -0.39 is 10.7 Å². The molecule has 0 saturated carbocycles. The van der Waals surface area contributed by atoms with Gasteiger partial charge in [0, 0.05) is 22.2 Å². The molecule has 0 aliphatic rings. The van der Waals surface area contributed by atoms with Crippen LogP contribution in [-0.2, 0) is 6.54 Å². The number of fused-ring (bicyclic) bond motifs is 1. The van der Waals surface area contributed by atoms with Crippen molar-refractivity contribution in [3.05, 3.63) is 73.5 Å². The van der Waals surface area contributed by atoms with E-state index in [-0.39, 0.29) is 29.2 Å². The van der Waals surface area contributed by atoms with Crippen molar-refractivity contribution in [1.82, 2.24) is 14.7 Å². The minimum Gasteiger partial charge on any atom is -0.408 e. The molecule has 26 heavy (non-hydrogen) atoms. The van der Waals surface area contributed by atoms with Gasteiger partial charge in [-0.05, 0) is 18.2 Å². The first-order valence-corrected chi connectivity index (χ1v) is 8.17. The minimum absolute atomic E-state index is 0.0615. The van der Waals surface area contributed by atoms with Gasteiger partial charge >= 0.3 is 5.76 Å². The summed E-state index contributed by atoms with van der Waals surface area (Å²) in [5, 5.41) is 14.9. The number of nitro benzene ring substituents is 1. The Morgan fingerprint density at radius 3 is 2.85 bits per heavy atom. The number of benzene rings is 2. The SMILES string of the molecule is O=c1oc2ccc([N+](=O)[O-])cc2n1Cc1nc(-c2cccc(Br)c2)no1. The van der Waals surface area contributed by atoms with Crippen LogP contribution >= 0.6 is 15.9 Å². The summed E-state index contributed by atoms with van der Waals surface area (Å²) in [6.45, 7) is -0.0615. The maximum atomic E-state index is 12.1. The Hall–Kier alpha value is -3.27. The van der Waals surface area contributed by atoms with Crippen LogP contribution in [0.15, 0.2) is 60.7 Å². The minimum atomic E-state index is -0.664. The predicted octanol–water partition coefficient (Wildman–Crippen LogP) is 3.36. The van der Waals surface area contributed by atoms with E-state index in [2.05, 4.69) is 26.1 Å². The Kier molecular flexibility index (Phi) is 3.88. The quantitative estimate of drug-likeness (QED) is 0.369. The van der Waals surface area contributed by atoms with Crippen LogP contribution in [0.25, 0.3) is 22.5 Å². The van der Waals surface area contributed by atoms with Gasteiger partial charge in [-0.3, -0.25) is 14.7 Å². The second kappa shape index (κ2) is 6.23. The van der Waals surface area contributed by atoms with Gasteiger partial charge in [0.25, 0.3) is 5.69 Å². The molecule has 0 aliphatic carbocycles. The molecule has 0 spiro atoms. The van der Waals surface area contributed by atoms with E-state index in [0.29, 0.717) is 5.82 Å². The number of nitro groups is 1. The highest BCUT2D eigenvalue weighted by Gasteiger charge is 2.17. The molecule has 0 aliphatic heterocycles. The Morgan fingerprint density at radius 2 is 2.08 bits per heavy atom. The number of rotatable bonds is 4. The van der Waals surface area contributed by atoms with Gasteiger partial charge in [0.05, 0.1) is 10.4 Å². The first kappa shape index (κ1) is 16.2. The molecule has 2 aromatic carbocycles. The van der Waals surface area contributed by atoms with Gasteiger partial charge in [-0.15, -0.1) is 0 Å². The number of non-ortho nitro benzene ring substituents is 1. The van der Waals surface area contributed by atoms with E-state index in [4.69, 9.17) is 8.94 Å². The molecule has 0 unspecified atom stereocenters. The van der Waals surface area contributed by atoms with E-state index in [1.807, 2.05) is 24.3 Å². The smallest absolute Gasteiger partial charge is 0.408 e. The predicted molar refractivity (Wildman–Crippen MR) is 93.7 cm³/mol. The molecule has 4 rings (SSSR count). The lowest BCUT2D eigenvalue weighted by atomic mass is 10.2. The van der Waals surface area contributed by atoms with E-state index in [1.165, 1.54) is 22.8 Å². The fourth-order valence-corrected chi connectivity index (χ4v) is 2.91. The van der Waals surface area contributed by atoms with Crippen LogP contribution in [0, 0.1) is 10.1 Å². The van der Waals surface area contributed by atoms with E-state index in [1.54, 1.807) is 0 Å². The van der Waals surface area contributed by atoms with E-state index in [9.17, 15) is 14.9 Å². The fourth-order valence-electron chi connectivity index (χ4n) is 2.51. The van der Waals surface area contributed by atoms with Crippen molar-refractivity contribution in [3.8, 4) is 11.4 Å². The molecule has 0 atom stereocenters. The van der Waals surface area contributed by atoms with Crippen molar-refractivity contribution in [2.75, 3.05) is 0 Å². The Balaban J connectivity index is 1.72. The van der Waals surface area contributed by atoms with Crippen molar-refractivity contribution < 1.29 is 13.9 Å². The molecule has 0 N–H and O–H groups in total. The third-order valence-electron chi connectivity index (χ3n) is 3.71. The monoisotopic (exact) mass is 416 g/mol. The molecule has 0 amide bonds. The fraction of sp³-hybridized carbons (Fsp3) is 0.0625. The zero-order chi connectivity index (χ0) is 18.3. The first-order valence-electron chi connectivity index (χ1n) is 7.37. The lowest BCUT2D eigenvalue weighted by molar-refractivity contribution is -0.384. The molecule has 0 radical (unpaired) electrons. The first-order chi connectivity index (χ1) is 12.5. The van der Waals surface area contributed by atoms with Crippen molar-refractivity contribution in [1.29, 1.82) is 0 Å². The highest BCUT2D eigenvalue weighted by molar-refractivity contribution is 9.10. The number of nitrogens with zero attached hydrogens (tertiary/aromatic N) is 4. The Labute approximate surface area is 153 Å².